The van der Waals surface area contributed by atoms with Crippen molar-refractivity contribution in [2.75, 3.05) is 25.1 Å². The van der Waals surface area contributed by atoms with E-state index in [4.69, 9.17) is 9.15 Å². The molecule has 162 valence electrons. The first-order chi connectivity index (χ1) is 15.1. The van der Waals surface area contributed by atoms with Crippen LogP contribution in [0.1, 0.15) is 25.2 Å². The molecule has 1 amide bonds. The molecule has 1 aliphatic rings. The minimum absolute atomic E-state index is 0.0199. The van der Waals surface area contributed by atoms with Crippen molar-refractivity contribution >= 4 is 11.6 Å². The van der Waals surface area contributed by atoms with E-state index in [2.05, 4.69) is 27.3 Å². The number of nitrogens with zero attached hydrogens (tertiary/aromatic N) is 2. The Hall–Kier alpha value is -3.35. The van der Waals surface area contributed by atoms with Gasteiger partial charge in [-0.25, -0.2) is 9.37 Å². The number of hydrogen-bond acceptors (Lipinski definition) is 5. The van der Waals surface area contributed by atoms with Gasteiger partial charge in [0.15, 0.2) is 11.7 Å². The van der Waals surface area contributed by atoms with Crippen LogP contribution in [0.25, 0.3) is 11.3 Å². The molecule has 0 unspecified atom stereocenters. The topological polar surface area (TPSA) is 67.6 Å². The smallest absolute Gasteiger partial charge is 0.220 e. The van der Waals surface area contributed by atoms with Crippen LogP contribution in [-0.2, 0) is 11.2 Å². The molecule has 0 saturated carbocycles. The summed E-state index contributed by atoms with van der Waals surface area (Å²) in [6.07, 6.45) is 3.96. The number of amides is 1. The Morgan fingerprint density at radius 3 is 2.65 bits per heavy atom. The summed E-state index contributed by atoms with van der Waals surface area (Å²) in [4.78, 5) is 18.9. The van der Waals surface area contributed by atoms with Crippen molar-refractivity contribution in [3.8, 4) is 17.1 Å². The van der Waals surface area contributed by atoms with E-state index < -0.39 is 0 Å². The zero-order valence-electron chi connectivity index (χ0n) is 17.5. The van der Waals surface area contributed by atoms with Crippen LogP contribution in [0.4, 0.5) is 10.1 Å². The average Bonchev–Trinajstić information content (AvgIpc) is 3.27. The van der Waals surface area contributed by atoms with Gasteiger partial charge in [-0.15, -0.1) is 0 Å². The third kappa shape index (κ3) is 5.23. The van der Waals surface area contributed by atoms with Crippen LogP contribution in [0.15, 0.2) is 59.1 Å². The van der Waals surface area contributed by atoms with E-state index in [0.717, 1.165) is 31.7 Å². The van der Waals surface area contributed by atoms with Gasteiger partial charge in [-0.2, -0.15) is 0 Å². The van der Waals surface area contributed by atoms with Crippen molar-refractivity contribution in [3.05, 3.63) is 66.4 Å². The molecular weight excluding hydrogens is 397 g/mol. The lowest BCUT2D eigenvalue weighted by molar-refractivity contribution is -0.122. The van der Waals surface area contributed by atoms with Crippen molar-refractivity contribution < 1.29 is 18.3 Å². The predicted molar refractivity (Wildman–Crippen MR) is 117 cm³/mol. The van der Waals surface area contributed by atoms with Gasteiger partial charge < -0.3 is 19.4 Å². The van der Waals surface area contributed by atoms with Crippen LogP contribution in [0.2, 0.25) is 0 Å². The van der Waals surface area contributed by atoms with Gasteiger partial charge in [0.1, 0.15) is 11.6 Å². The van der Waals surface area contributed by atoms with E-state index in [-0.39, 0.29) is 24.2 Å². The molecule has 2 heterocycles. The fraction of sp³-hybridized carbons (Fsp3) is 0.333. The molecule has 7 heteroatoms. The summed E-state index contributed by atoms with van der Waals surface area (Å²) in [7, 11) is 1.66. The molecule has 0 radical (unpaired) electrons. The van der Waals surface area contributed by atoms with E-state index in [0.29, 0.717) is 23.6 Å². The summed E-state index contributed by atoms with van der Waals surface area (Å²) in [5, 5.41) is 3.11. The number of aryl methyl sites for hydroxylation is 1. The summed E-state index contributed by atoms with van der Waals surface area (Å²) in [6, 6.07) is 14.6. The fourth-order valence-corrected chi connectivity index (χ4v) is 3.81. The van der Waals surface area contributed by atoms with Crippen LogP contribution in [0, 0.1) is 5.82 Å². The summed E-state index contributed by atoms with van der Waals surface area (Å²) in [5.74, 6) is 1.28. The minimum Gasteiger partial charge on any atom is -0.497 e. The molecule has 4 rings (SSSR count). The molecule has 0 atom stereocenters. The Labute approximate surface area is 181 Å². The van der Waals surface area contributed by atoms with E-state index in [1.54, 1.807) is 25.3 Å². The zero-order chi connectivity index (χ0) is 21.6. The summed E-state index contributed by atoms with van der Waals surface area (Å²) in [5.41, 5.74) is 1.54. The maximum absolute atomic E-state index is 13.9. The van der Waals surface area contributed by atoms with Crippen molar-refractivity contribution in [3.63, 3.8) is 0 Å². The molecule has 0 aliphatic carbocycles. The number of ether oxygens (including phenoxy) is 1. The highest BCUT2D eigenvalue weighted by atomic mass is 19.1. The molecule has 3 aromatic rings. The van der Waals surface area contributed by atoms with Crippen LogP contribution in [0.3, 0.4) is 0 Å². The first-order valence-electron chi connectivity index (χ1n) is 10.5. The monoisotopic (exact) mass is 423 g/mol. The van der Waals surface area contributed by atoms with Gasteiger partial charge in [-0.05, 0) is 49.2 Å². The van der Waals surface area contributed by atoms with Crippen molar-refractivity contribution in [2.45, 2.75) is 31.7 Å². The normalized spacial score (nSPS) is 14.5. The van der Waals surface area contributed by atoms with E-state index in [1.165, 1.54) is 18.0 Å². The highest BCUT2D eigenvalue weighted by Crippen LogP contribution is 2.24. The lowest BCUT2D eigenvalue weighted by Crippen LogP contribution is -2.44. The summed E-state index contributed by atoms with van der Waals surface area (Å²) >= 11 is 0. The summed E-state index contributed by atoms with van der Waals surface area (Å²) < 4.78 is 24.7. The van der Waals surface area contributed by atoms with Gasteiger partial charge in [0.25, 0.3) is 0 Å². The Morgan fingerprint density at radius 2 is 1.94 bits per heavy atom. The van der Waals surface area contributed by atoms with Crippen molar-refractivity contribution in [2.24, 2.45) is 0 Å². The number of halogens is 1. The van der Waals surface area contributed by atoms with Gasteiger partial charge in [-0.3, -0.25) is 4.79 Å². The van der Waals surface area contributed by atoms with E-state index in [9.17, 15) is 9.18 Å². The van der Waals surface area contributed by atoms with Gasteiger partial charge in [0.2, 0.25) is 5.91 Å². The standard InChI is InChI=1S/C24H26FN3O3/c1-30-19-8-6-18(7-9-19)28-14-12-17(13-15-28)27-23(29)10-11-24-26-16-22(31-24)20-4-2-3-5-21(20)25/h2-9,16-17H,10-15H2,1H3,(H,27,29). The quantitative estimate of drug-likeness (QED) is 0.617. The van der Waals surface area contributed by atoms with Crippen molar-refractivity contribution in [1.29, 1.82) is 0 Å². The largest absolute Gasteiger partial charge is 0.497 e. The van der Waals surface area contributed by atoms with Crippen LogP contribution in [-0.4, -0.2) is 37.1 Å². The molecule has 2 aromatic carbocycles. The fourth-order valence-electron chi connectivity index (χ4n) is 3.81. The van der Waals surface area contributed by atoms with Crippen molar-refractivity contribution in [1.82, 2.24) is 10.3 Å². The van der Waals surface area contributed by atoms with Gasteiger partial charge in [0, 0.05) is 37.7 Å². The number of methoxy groups -OCH3 is 1. The molecule has 1 fully saturated rings. The van der Waals surface area contributed by atoms with Crippen LogP contribution >= 0.6 is 0 Å². The third-order valence-electron chi connectivity index (χ3n) is 5.56. The molecule has 1 aliphatic heterocycles. The molecule has 1 N–H and O–H groups in total. The number of benzene rings is 2. The number of aromatic nitrogens is 1. The van der Waals surface area contributed by atoms with Crippen LogP contribution < -0.4 is 15.0 Å². The first-order valence-corrected chi connectivity index (χ1v) is 10.5. The maximum Gasteiger partial charge on any atom is 0.220 e. The third-order valence-corrected chi connectivity index (χ3v) is 5.56. The second-order valence-corrected chi connectivity index (χ2v) is 7.62. The Bertz CT molecular complexity index is 1010. The lowest BCUT2D eigenvalue weighted by Gasteiger charge is -2.34. The number of carbonyl (C=O) groups is 1. The number of oxazole rings is 1. The SMILES string of the molecule is COc1ccc(N2CCC(NC(=O)CCc3ncc(-c4ccccc4F)o3)CC2)cc1. The molecule has 1 aromatic heterocycles. The molecule has 0 spiro atoms. The summed E-state index contributed by atoms with van der Waals surface area (Å²) in [6.45, 7) is 1.78. The number of anilines is 1. The van der Waals surface area contributed by atoms with Gasteiger partial charge in [-0.1, -0.05) is 12.1 Å². The predicted octanol–water partition coefficient (Wildman–Crippen LogP) is 4.21. The van der Waals surface area contributed by atoms with E-state index in [1.807, 2.05) is 12.1 Å². The Kier molecular flexibility index (Phi) is 6.50. The number of carbonyl (C=O) groups excluding carboxylic acids is 1. The van der Waals surface area contributed by atoms with Gasteiger partial charge >= 0.3 is 0 Å². The lowest BCUT2D eigenvalue weighted by atomic mass is 10.0. The highest BCUT2D eigenvalue weighted by molar-refractivity contribution is 5.76. The molecular formula is C24H26FN3O3. The van der Waals surface area contributed by atoms with Crippen LogP contribution in [0.5, 0.6) is 5.75 Å². The number of piperidine rings is 1. The highest BCUT2D eigenvalue weighted by Gasteiger charge is 2.21. The Balaban J connectivity index is 1.22. The second-order valence-electron chi connectivity index (χ2n) is 7.62. The Morgan fingerprint density at radius 1 is 1.19 bits per heavy atom. The zero-order valence-corrected chi connectivity index (χ0v) is 17.5. The number of hydrogen-bond donors (Lipinski definition) is 1. The number of rotatable bonds is 7. The van der Waals surface area contributed by atoms with E-state index >= 15 is 0 Å². The molecule has 1 saturated heterocycles. The molecule has 6 nitrogen and oxygen atoms in total. The maximum atomic E-state index is 13.9. The minimum atomic E-state index is -0.357. The van der Waals surface area contributed by atoms with Gasteiger partial charge in [0.05, 0.1) is 18.9 Å². The molecule has 0 bridgehead atoms. The molecule has 31 heavy (non-hydrogen) atoms. The second kappa shape index (κ2) is 9.64. The number of nitrogens with one attached hydrogen (secondary N) is 1. The first kappa shape index (κ1) is 20.9. The average molecular weight is 423 g/mol.